The van der Waals surface area contributed by atoms with Gasteiger partial charge < -0.3 is 15.4 Å². The molecule has 1 aromatic carbocycles. The minimum atomic E-state index is -1.29. The summed E-state index contributed by atoms with van der Waals surface area (Å²) < 4.78 is 34.9. The van der Waals surface area contributed by atoms with E-state index in [4.69, 9.17) is 9.72 Å². The van der Waals surface area contributed by atoms with Crippen molar-refractivity contribution in [3.63, 3.8) is 0 Å². The number of quaternary nitrogens is 2. The molecule has 3 heterocycles. The highest BCUT2D eigenvalue weighted by Crippen LogP contribution is 2.48. The van der Waals surface area contributed by atoms with Gasteiger partial charge >= 0.3 is 12.0 Å². The minimum Gasteiger partial charge on any atom is -0.488 e. The number of hydrogen-bond donors (Lipinski definition) is 2. The van der Waals surface area contributed by atoms with Crippen LogP contribution >= 0.6 is 0 Å². The Kier molecular flexibility index (Phi) is 8.77. The van der Waals surface area contributed by atoms with Gasteiger partial charge in [0.15, 0.2) is 17.1 Å². The molecule has 2 aliphatic rings. The fourth-order valence-electron chi connectivity index (χ4n) is 7.00. The monoisotopic (exact) mass is 600 g/mol. The maximum atomic E-state index is 15.7. The van der Waals surface area contributed by atoms with Crippen molar-refractivity contribution in [3.05, 3.63) is 29.7 Å². The number of anilines is 1. The van der Waals surface area contributed by atoms with E-state index in [2.05, 4.69) is 61.5 Å². The standard InChI is InChI=1S/C31H45F2N8O2/c1-20(32)19-43-26-13-23(33)25(14-24(26)37-29(42)35-5)41(8,9)28-36-18-21(17-34)27(38-28)40(6,7)22-15-30(2,3)39-12-10-11-31(39,4)16-22/h13-14,18,20,22H,10-12,15-16,19H2,1-9H3,(H-,35,37,42)/q+1/p+1. The largest absolute Gasteiger partial charge is 0.488 e. The van der Waals surface area contributed by atoms with Gasteiger partial charge in [0.2, 0.25) is 0 Å². The molecule has 4 rings (SSSR count). The summed E-state index contributed by atoms with van der Waals surface area (Å²) in [5.74, 6) is 0.221. The molecule has 0 radical (unpaired) electrons. The number of halogens is 2. The molecule has 0 aliphatic carbocycles. The van der Waals surface area contributed by atoms with E-state index in [1.165, 1.54) is 32.7 Å². The summed E-state index contributed by atoms with van der Waals surface area (Å²) in [6, 6.07) is 4.51. The summed E-state index contributed by atoms with van der Waals surface area (Å²) in [6.07, 6.45) is 4.42. The third-order valence-corrected chi connectivity index (χ3v) is 9.32. The van der Waals surface area contributed by atoms with E-state index < -0.39 is 18.0 Å². The molecule has 2 N–H and O–H groups in total. The quantitative estimate of drug-likeness (QED) is 0.402. The maximum absolute atomic E-state index is 15.7. The Bertz CT molecular complexity index is 1420. The molecule has 2 fully saturated rings. The Morgan fingerprint density at radius 1 is 1.26 bits per heavy atom. The summed E-state index contributed by atoms with van der Waals surface area (Å²) in [4.78, 5) is 24.3. The van der Waals surface area contributed by atoms with Crippen LogP contribution < -0.4 is 24.3 Å². The molecule has 3 unspecified atom stereocenters. The van der Waals surface area contributed by atoms with Crippen LogP contribution in [-0.4, -0.2) is 92.6 Å². The number of fused-ring (bicyclic) bond motifs is 1. The van der Waals surface area contributed by atoms with Crippen LogP contribution in [0, 0.1) is 17.1 Å². The molecular weight excluding hydrogens is 554 g/mol. The van der Waals surface area contributed by atoms with Crippen molar-refractivity contribution in [2.45, 2.75) is 76.7 Å². The second-order valence-electron chi connectivity index (χ2n) is 13.7. The lowest BCUT2D eigenvalue weighted by Gasteiger charge is -2.55. The Labute approximate surface area is 253 Å². The molecule has 1 aromatic heterocycles. The highest BCUT2D eigenvalue weighted by Gasteiger charge is 2.55. The number of carbonyl (C=O) groups excluding carboxylic acids is 1. The van der Waals surface area contributed by atoms with Crippen LogP contribution in [0.25, 0.3) is 0 Å². The summed E-state index contributed by atoms with van der Waals surface area (Å²) in [5.41, 5.74) is 0.758. The van der Waals surface area contributed by atoms with Gasteiger partial charge in [-0.15, -0.1) is 4.98 Å². The number of aromatic nitrogens is 2. The Morgan fingerprint density at radius 2 is 1.95 bits per heavy atom. The third-order valence-electron chi connectivity index (χ3n) is 9.32. The van der Waals surface area contributed by atoms with Crippen LogP contribution in [0.15, 0.2) is 18.3 Å². The van der Waals surface area contributed by atoms with E-state index in [-0.39, 0.29) is 51.3 Å². The highest BCUT2D eigenvalue weighted by atomic mass is 19.1. The number of rotatable bonds is 8. The number of nitrogens with one attached hydrogen (secondary N) is 2. The fraction of sp³-hybridized carbons (Fsp3) is 0.613. The van der Waals surface area contributed by atoms with Crippen LogP contribution in [0.1, 0.15) is 58.9 Å². The van der Waals surface area contributed by atoms with Crippen LogP contribution in [-0.2, 0) is 0 Å². The Balaban J connectivity index is 1.77. The Morgan fingerprint density at radius 3 is 2.58 bits per heavy atom. The molecule has 2 amide bonds. The molecular formula is C31H46F2N8O2+2. The normalized spacial score (nSPS) is 22.8. The molecule has 234 valence electrons. The predicted octanol–water partition coefficient (Wildman–Crippen LogP) is 5.24. The first kappa shape index (κ1) is 32.5. The van der Waals surface area contributed by atoms with Crippen molar-refractivity contribution >= 4 is 29.2 Å². The lowest BCUT2D eigenvalue weighted by atomic mass is 9.75. The molecule has 12 heteroatoms. The highest BCUT2D eigenvalue weighted by molar-refractivity contribution is 5.91. The van der Waals surface area contributed by atoms with Gasteiger partial charge in [-0.25, -0.2) is 18.1 Å². The van der Waals surface area contributed by atoms with Crippen molar-refractivity contribution in [3.8, 4) is 11.8 Å². The fourth-order valence-corrected chi connectivity index (χ4v) is 7.00. The van der Waals surface area contributed by atoms with E-state index in [1.54, 1.807) is 14.1 Å². The summed E-state index contributed by atoms with van der Waals surface area (Å²) in [7, 11) is 9.10. The average molecular weight is 601 g/mol. The average Bonchev–Trinajstić information content (AvgIpc) is 3.34. The van der Waals surface area contributed by atoms with Crippen molar-refractivity contribution in [1.82, 2.24) is 29.2 Å². The zero-order chi connectivity index (χ0) is 32.0. The van der Waals surface area contributed by atoms with Gasteiger partial charge in [0, 0.05) is 43.1 Å². The molecule has 0 bridgehead atoms. The number of alkyl halides is 1. The molecule has 0 spiro atoms. The number of amides is 2. The maximum Gasteiger partial charge on any atom is 0.338 e. The van der Waals surface area contributed by atoms with Gasteiger partial charge in [-0.2, -0.15) is 10.2 Å². The van der Waals surface area contributed by atoms with Crippen molar-refractivity contribution < 1.29 is 18.3 Å². The zero-order valence-corrected chi connectivity index (χ0v) is 26.9. The van der Waals surface area contributed by atoms with E-state index in [0.717, 1.165) is 31.9 Å². The van der Waals surface area contributed by atoms with Crippen LogP contribution in [0.3, 0.4) is 0 Å². The number of piperidine rings is 1. The summed E-state index contributed by atoms with van der Waals surface area (Å²) in [6.45, 7) is 9.06. The molecule has 43 heavy (non-hydrogen) atoms. The van der Waals surface area contributed by atoms with Crippen LogP contribution in [0.2, 0.25) is 0 Å². The number of nitrogens with zero attached hydrogens (tertiary/aromatic N) is 6. The summed E-state index contributed by atoms with van der Waals surface area (Å²) >= 11 is 0. The van der Waals surface area contributed by atoms with Gasteiger partial charge in [0.05, 0.1) is 46.1 Å². The van der Waals surface area contributed by atoms with Gasteiger partial charge in [-0.1, -0.05) is 0 Å². The van der Waals surface area contributed by atoms with Gasteiger partial charge in [0.25, 0.3) is 5.82 Å². The van der Waals surface area contributed by atoms with Crippen molar-refractivity contribution in [2.75, 3.05) is 53.7 Å². The zero-order valence-electron chi connectivity index (χ0n) is 26.9. The van der Waals surface area contributed by atoms with Gasteiger partial charge in [-0.3, -0.25) is 9.38 Å². The van der Waals surface area contributed by atoms with E-state index >= 15 is 4.39 Å². The SMILES string of the molecule is CNC(=O)Nc1cc([N+](C)(C)c2ncc(C#N)c([N+](C)(C)C3CC(C)(C)N4CCCC4(C)C3)n2)c(F)cc1OCC(C)F. The molecule has 10 nitrogen and oxygen atoms in total. The Hall–Kier alpha value is -3.40. The van der Waals surface area contributed by atoms with Crippen LogP contribution in [0.4, 0.5) is 36.7 Å². The molecule has 3 atom stereocenters. The first-order valence-electron chi connectivity index (χ1n) is 14.8. The minimum absolute atomic E-state index is 0.00273. The van der Waals surface area contributed by atoms with Gasteiger partial charge in [0.1, 0.15) is 24.6 Å². The molecule has 2 aromatic rings. The molecule has 2 saturated heterocycles. The van der Waals surface area contributed by atoms with E-state index in [9.17, 15) is 14.4 Å². The number of benzene rings is 1. The lowest BCUT2D eigenvalue weighted by molar-refractivity contribution is -0.0377. The number of urea groups is 1. The second-order valence-corrected chi connectivity index (χ2v) is 13.7. The number of ether oxygens (including phenoxy) is 1. The number of nitriles is 1. The summed E-state index contributed by atoms with van der Waals surface area (Å²) in [5, 5.41) is 15.2. The van der Waals surface area contributed by atoms with Crippen molar-refractivity contribution in [1.29, 1.82) is 5.26 Å². The molecule has 0 saturated carbocycles. The smallest absolute Gasteiger partial charge is 0.338 e. The lowest BCUT2D eigenvalue weighted by Crippen LogP contribution is -2.66. The van der Waals surface area contributed by atoms with Crippen molar-refractivity contribution in [2.24, 2.45) is 0 Å². The van der Waals surface area contributed by atoms with Crippen LogP contribution in [0.5, 0.6) is 5.75 Å². The predicted molar refractivity (Wildman–Crippen MR) is 166 cm³/mol. The third kappa shape index (κ3) is 6.16. The first-order chi connectivity index (χ1) is 20.0. The van der Waals surface area contributed by atoms with E-state index in [0.29, 0.717) is 15.9 Å². The second kappa shape index (κ2) is 11.6. The topological polar surface area (TPSA) is 103 Å². The number of hydrogen-bond acceptors (Lipinski definition) is 6. The van der Waals surface area contributed by atoms with E-state index in [1.807, 2.05) is 0 Å². The molecule has 2 aliphatic heterocycles. The first-order valence-corrected chi connectivity index (χ1v) is 14.8. The van der Waals surface area contributed by atoms with Gasteiger partial charge in [-0.05, 0) is 47.1 Å². The number of carbonyl (C=O) groups is 1.